The number of carbonyl (C=O) groups excluding carboxylic acids is 2. The van der Waals surface area contributed by atoms with E-state index in [1.54, 1.807) is 0 Å². The summed E-state index contributed by atoms with van der Waals surface area (Å²) in [7, 11) is 0. The van der Waals surface area contributed by atoms with Crippen LogP contribution in [-0.2, 0) is 9.59 Å². The van der Waals surface area contributed by atoms with Crippen LogP contribution in [0, 0.1) is 5.92 Å². The van der Waals surface area contributed by atoms with E-state index < -0.39 is 0 Å². The molecule has 0 radical (unpaired) electrons. The van der Waals surface area contributed by atoms with Crippen molar-refractivity contribution >= 4 is 17.5 Å². The summed E-state index contributed by atoms with van der Waals surface area (Å²) in [6.07, 6.45) is 4.68. The highest BCUT2D eigenvalue weighted by atomic mass is 16.2. The largest absolute Gasteiger partial charge is 0.343 e. The highest BCUT2D eigenvalue weighted by Gasteiger charge is 2.36. The van der Waals surface area contributed by atoms with Crippen LogP contribution in [-0.4, -0.2) is 49.4 Å². The molecule has 1 aromatic rings. The molecule has 0 aliphatic carbocycles. The third-order valence-corrected chi connectivity index (χ3v) is 5.90. The molecule has 134 valence electrons. The molecular formula is C20H27N3O2. The number of nitrogens with one attached hydrogen (secondary N) is 1. The Bertz CT molecular complexity index is 654. The van der Waals surface area contributed by atoms with Crippen molar-refractivity contribution in [3.8, 4) is 0 Å². The van der Waals surface area contributed by atoms with E-state index in [0.717, 1.165) is 64.1 Å². The molecule has 3 heterocycles. The fraction of sp³-hybridized carbons (Fsp3) is 0.600. The van der Waals surface area contributed by atoms with Crippen molar-refractivity contribution in [2.24, 2.45) is 5.92 Å². The van der Waals surface area contributed by atoms with E-state index in [4.69, 9.17) is 0 Å². The number of rotatable bonds is 4. The van der Waals surface area contributed by atoms with Crippen molar-refractivity contribution < 1.29 is 9.59 Å². The second-order valence-electron chi connectivity index (χ2n) is 7.52. The summed E-state index contributed by atoms with van der Waals surface area (Å²) >= 11 is 0. The Labute approximate surface area is 149 Å². The number of anilines is 1. The van der Waals surface area contributed by atoms with Gasteiger partial charge in [0, 0.05) is 44.2 Å². The molecule has 0 saturated carbocycles. The first-order valence-corrected chi connectivity index (χ1v) is 9.63. The highest BCUT2D eigenvalue weighted by Crippen LogP contribution is 2.39. The van der Waals surface area contributed by atoms with Gasteiger partial charge in [-0.2, -0.15) is 0 Å². The molecule has 5 nitrogen and oxygen atoms in total. The van der Waals surface area contributed by atoms with Gasteiger partial charge in [-0.05, 0) is 43.9 Å². The molecule has 25 heavy (non-hydrogen) atoms. The fourth-order valence-corrected chi connectivity index (χ4v) is 4.49. The lowest BCUT2D eigenvalue weighted by Crippen LogP contribution is -2.42. The number of carbonyl (C=O) groups is 2. The third-order valence-electron chi connectivity index (χ3n) is 5.90. The van der Waals surface area contributed by atoms with Gasteiger partial charge in [-0.25, -0.2) is 0 Å². The highest BCUT2D eigenvalue weighted by molar-refractivity contribution is 5.97. The fourth-order valence-electron chi connectivity index (χ4n) is 4.49. The molecule has 1 N–H and O–H groups in total. The van der Waals surface area contributed by atoms with Crippen molar-refractivity contribution in [3.63, 3.8) is 0 Å². The van der Waals surface area contributed by atoms with Gasteiger partial charge in [0.25, 0.3) is 0 Å². The van der Waals surface area contributed by atoms with Crippen molar-refractivity contribution in [2.75, 3.05) is 37.6 Å². The molecule has 0 aromatic heterocycles. The second kappa shape index (κ2) is 7.16. The van der Waals surface area contributed by atoms with E-state index in [1.165, 1.54) is 5.56 Å². The molecule has 4 rings (SSSR count). The quantitative estimate of drug-likeness (QED) is 0.913. The number of amides is 2. The molecule has 5 heteroatoms. The number of fused-ring (bicyclic) bond motifs is 1. The monoisotopic (exact) mass is 341 g/mol. The van der Waals surface area contributed by atoms with Crippen LogP contribution < -0.4 is 10.2 Å². The topological polar surface area (TPSA) is 52.7 Å². The molecule has 2 fully saturated rings. The summed E-state index contributed by atoms with van der Waals surface area (Å²) in [5.41, 5.74) is 2.35. The van der Waals surface area contributed by atoms with Crippen LogP contribution in [0.25, 0.3) is 0 Å². The minimum absolute atomic E-state index is 0.0979. The average Bonchev–Trinajstić information content (AvgIpc) is 3.23. The molecule has 2 atom stereocenters. The van der Waals surface area contributed by atoms with Gasteiger partial charge >= 0.3 is 0 Å². The van der Waals surface area contributed by atoms with Crippen LogP contribution in [0.3, 0.4) is 0 Å². The van der Waals surface area contributed by atoms with Gasteiger partial charge in [-0.3, -0.25) is 9.59 Å². The number of benzene rings is 1. The van der Waals surface area contributed by atoms with Crippen LogP contribution in [0.5, 0.6) is 0 Å². The molecular weight excluding hydrogens is 314 g/mol. The van der Waals surface area contributed by atoms with E-state index >= 15 is 0 Å². The number of hydrogen-bond acceptors (Lipinski definition) is 3. The van der Waals surface area contributed by atoms with Gasteiger partial charge in [0.05, 0.1) is 5.92 Å². The Morgan fingerprint density at radius 1 is 1.24 bits per heavy atom. The van der Waals surface area contributed by atoms with Crippen LogP contribution >= 0.6 is 0 Å². The van der Waals surface area contributed by atoms with Gasteiger partial charge < -0.3 is 15.1 Å². The van der Waals surface area contributed by atoms with E-state index in [9.17, 15) is 9.59 Å². The third kappa shape index (κ3) is 3.30. The van der Waals surface area contributed by atoms with Crippen molar-refractivity contribution in [1.29, 1.82) is 0 Å². The Morgan fingerprint density at radius 2 is 2.12 bits per heavy atom. The van der Waals surface area contributed by atoms with E-state index in [0.29, 0.717) is 12.3 Å². The van der Waals surface area contributed by atoms with Crippen molar-refractivity contribution in [3.05, 3.63) is 29.8 Å². The number of piperidine rings is 1. The van der Waals surface area contributed by atoms with Crippen molar-refractivity contribution in [1.82, 2.24) is 10.2 Å². The summed E-state index contributed by atoms with van der Waals surface area (Å²) in [6, 6.07) is 8.30. The van der Waals surface area contributed by atoms with Gasteiger partial charge in [0.2, 0.25) is 11.8 Å². The van der Waals surface area contributed by atoms with Crippen LogP contribution in [0.15, 0.2) is 24.3 Å². The lowest BCUT2D eigenvalue weighted by Gasteiger charge is -2.27. The van der Waals surface area contributed by atoms with Crippen LogP contribution in [0.4, 0.5) is 5.69 Å². The smallest absolute Gasteiger partial charge is 0.231 e. The Morgan fingerprint density at radius 3 is 2.88 bits per heavy atom. The Hall–Kier alpha value is -1.88. The van der Waals surface area contributed by atoms with E-state index in [-0.39, 0.29) is 17.7 Å². The first kappa shape index (κ1) is 16.6. The minimum Gasteiger partial charge on any atom is -0.343 e. The zero-order valence-corrected chi connectivity index (χ0v) is 14.7. The maximum absolute atomic E-state index is 13.0. The summed E-state index contributed by atoms with van der Waals surface area (Å²) in [6.45, 7) is 4.28. The number of hydrogen-bond donors (Lipinski definition) is 1. The Balaban J connectivity index is 1.47. The summed E-state index contributed by atoms with van der Waals surface area (Å²) in [5, 5.41) is 3.35. The first-order valence-electron chi connectivity index (χ1n) is 9.63. The maximum Gasteiger partial charge on any atom is 0.231 e. The van der Waals surface area contributed by atoms with Crippen LogP contribution in [0.1, 0.15) is 43.6 Å². The predicted octanol–water partition coefficient (Wildman–Crippen LogP) is 2.13. The SMILES string of the molecule is O=C1CCCN1CCC1CN(C(=O)C2CCCNC2)c2ccccc21. The second-order valence-corrected chi connectivity index (χ2v) is 7.52. The maximum atomic E-state index is 13.0. The number of para-hydroxylation sites is 1. The molecule has 2 amide bonds. The Kier molecular flexibility index (Phi) is 4.75. The van der Waals surface area contributed by atoms with Gasteiger partial charge in [0.1, 0.15) is 0 Å². The summed E-state index contributed by atoms with van der Waals surface area (Å²) in [5.74, 6) is 0.984. The lowest BCUT2D eigenvalue weighted by atomic mass is 9.97. The molecule has 0 spiro atoms. The number of likely N-dealkylation sites (tertiary alicyclic amines) is 1. The van der Waals surface area contributed by atoms with Crippen LogP contribution in [0.2, 0.25) is 0 Å². The predicted molar refractivity (Wildman–Crippen MR) is 97.6 cm³/mol. The van der Waals surface area contributed by atoms with Gasteiger partial charge in [-0.15, -0.1) is 0 Å². The molecule has 2 saturated heterocycles. The normalized spacial score (nSPS) is 26.2. The van der Waals surface area contributed by atoms with Gasteiger partial charge in [0.15, 0.2) is 0 Å². The standard InChI is InChI=1S/C20H27N3O2/c24-19-8-4-11-22(19)12-9-16-14-23(18-7-2-1-6-17(16)18)20(25)15-5-3-10-21-13-15/h1-2,6-7,15-16,21H,3-5,8-14H2. The molecule has 3 aliphatic heterocycles. The number of nitrogens with zero attached hydrogens (tertiary/aromatic N) is 2. The zero-order chi connectivity index (χ0) is 17.2. The van der Waals surface area contributed by atoms with E-state index in [1.807, 2.05) is 15.9 Å². The zero-order valence-electron chi connectivity index (χ0n) is 14.7. The lowest BCUT2D eigenvalue weighted by molar-refractivity contribution is -0.128. The van der Waals surface area contributed by atoms with Gasteiger partial charge in [-0.1, -0.05) is 18.2 Å². The minimum atomic E-state index is 0.0979. The molecule has 1 aromatic carbocycles. The molecule has 2 unspecified atom stereocenters. The summed E-state index contributed by atoms with van der Waals surface area (Å²) in [4.78, 5) is 28.9. The average molecular weight is 341 g/mol. The van der Waals surface area contributed by atoms with E-state index in [2.05, 4.69) is 23.5 Å². The summed E-state index contributed by atoms with van der Waals surface area (Å²) < 4.78 is 0. The molecule has 3 aliphatic rings. The molecule has 0 bridgehead atoms. The van der Waals surface area contributed by atoms with Crippen molar-refractivity contribution in [2.45, 2.75) is 38.0 Å². The first-order chi connectivity index (χ1) is 12.2.